The Bertz CT molecular complexity index is 802. The van der Waals surface area contributed by atoms with Crippen molar-refractivity contribution in [2.75, 3.05) is 10.2 Å². The summed E-state index contributed by atoms with van der Waals surface area (Å²) in [6, 6.07) is 6.14. The molecule has 0 radical (unpaired) electrons. The van der Waals surface area contributed by atoms with E-state index in [1.54, 1.807) is 29.4 Å². The molecular formula is C14H12F3N5O2. The van der Waals surface area contributed by atoms with E-state index in [9.17, 15) is 22.8 Å². The van der Waals surface area contributed by atoms with Gasteiger partial charge in [-0.15, -0.1) is 5.10 Å². The number of para-hydroxylation sites is 1. The van der Waals surface area contributed by atoms with E-state index in [-0.39, 0.29) is 12.3 Å². The van der Waals surface area contributed by atoms with Crippen molar-refractivity contribution < 1.29 is 22.8 Å². The molecule has 2 N–H and O–H groups in total. The normalized spacial score (nSPS) is 16.8. The van der Waals surface area contributed by atoms with E-state index in [1.165, 1.54) is 11.8 Å². The molecule has 1 aliphatic rings. The second kappa shape index (κ2) is 5.62. The van der Waals surface area contributed by atoms with Gasteiger partial charge in [-0.05, 0) is 11.6 Å². The van der Waals surface area contributed by atoms with E-state index in [0.29, 0.717) is 5.69 Å². The molecule has 0 unspecified atom stereocenters. The molecule has 1 aliphatic heterocycles. The van der Waals surface area contributed by atoms with Crippen LogP contribution in [0.15, 0.2) is 24.3 Å². The molecule has 1 atom stereocenters. The Morgan fingerprint density at radius 2 is 2.04 bits per heavy atom. The van der Waals surface area contributed by atoms with Gasteiger partial charge in [-0.1, -0.05) is 18.2 Å². The molecule has 10 heteroatoms. The van der Waals surface area contributed by atoms with Gasteiger partial charge in [-0.25, -0.2) is 0 Å². The number of carbonyl (C=O) groups excluding carboxylic acids is 2. The third kappa shape index (κ3) is 2.82. The summed E-state index contributed by atoms with van der Waals surface area (Å²) in [6.07, 6.45) is -4.43. The van der Waals surface area contributed by atoms with Crippen LogP contribution in [0.2, 0.25) is 0 Å². The van der Waals surface area contributed by atoms with Crippen LogP contribution in [0.25, 0.3) is 0 Å². The minimum Gasteiger partial charge on any atom is -0.300 e. The number of nitrogens with zero attached hydrogens (tertiary/aromatic N) is 3. The fraction of sp³-hybridized carbons (Fsp3) is 0.286. The maximum Gasteiger partial charge on any atom is 0.451 e. The number of rotatable bonds is 2. The van der Waals surface area contributed by atoms with Crippen molar-refractivity contribution in [1.82, 2.24) is 15.2 Å². The topological polar surface area (TPSA) is 91.0 Å². The van der Waals surface area contributed by atoms with Crippen molar-refractivity contribution >= 4 is 23.5 Å². The molecule has 3 rings (SSSR count). The lowest BCUT2D eigenvalue weighted by Crippen LogP contribution is -2.44. The first-order valence-corrected chi connectivity index (χ1v) is 6.95. The van der Waals surface area contributed by atoms with Crippen molar-refractivity contribution in [3.63, 3.8) is 0 Å². The molecule has 7 nitrogen and oxygen atoms in total. The Morgan fingerprint density at radius 1 is 1.33 bits per heavy atom. The van der Waals surface area contributed by atoms with Gasteiger partial charge in [-0.3, -0.25) is 24.9 Å². The van der Waals surface area contributed by atoms with Gasteiger partial charge in [0.25, 0.3) is 0 Å². The lowest BCUT2D eigenvalue weighted by Gasteiger charge is -2.22. The molecule has 0 fully saturated rings. The molecule has 2 aromatic rings. The van der Waals surface area contributed by atoms with Gasteiger partial charge in [-0.2, -0.15) is 18.2 Å². The van der Waals surface area contributed by atoms with Crippen molar-refractivity contribution in [1.29, 1.82) is 0 Å². The summed E-state index contributed by atoms with van der Waals surface area (Å²) < 4.78 is 37.5. The molecule has 24 heavy (non-hydrogen) atoms. The van der Waals surface area contributed by atoms with Gasteiger partial charge in [0.2, 0.25) is 23.6 Å². The second-order valence-corrected chi connectivity index (χ2v) is 5.23. The van der Waals surface area contributed by atoms with E-state index in [2.05, 4.69) is 15.4 Å². The van der Waals surface area contributed by atoms with E-state index in [0.717, 1.165) is 5.56 Å². The van der Waals surface area contributed by atoms with Crippen LogP contribution in [-0.4, -0.2) is 33.0 Å². The monoisotopic (exact) mass is 339 g/mol. The van der Waals surface area contributed by atoms with Gasteiger partial charge in [0, 0.05) is 19.0 Å². The van der Waals surface area contributed by atoms with Crippen LogP contribution in [0, 0.1) is 0 Å². The predicted molar refractivity (Wildman–Crippen MR) is 77.1 cm³/mol. The highest BCUT2D eigenvalue weighted by molar-refractivity contribution is 6.06. The van der Waals surface area contributed by atoms with Crippen molar-refractivity contribution in [2.45, 2.75) is 25.6 Å². The van der Waals surface area contributed by atoms with Crippen LogP contribution in [0.1, 0.15) is 18.3 Å². The smallest absolute Gasteiger partial charge is 0.300 e. The molecule has 0 aliphatic carbocycles. The van der Waals surface area contributed by atoms with Gasteiger partial charge in [0.15, 0.2) is 0 Å². The van der Waals surface area contributed by atoms with Gasteiger partial charge in [0.1, 0.15) is 6.04 Å². The van der Waals surface area contributed by atoms with E-state index < -0.39 is 29.9 Å². The third-order valence-electron chi connectivity index (χ3n) is 3.61. The summed E-state index contributed by atoms with van der Waals surface area (Å²) >= 11 is 0. The Hall–Kier alpha value is -2.91. The van der Waals surface area contributed by atoms with Crippen molar-refractivity contribution in [3.8, 4) is 0 Å². The number of amides is 2. The average Bonchev–Trinajstić information content (AvgIpc) is 3.10. The zero-order valence-electron chi connectivity index (χ0n) is 12.4. The van der Waals surface area contributed by atoms with Crippen LogP contribution in [0.3, 0.4) is 0 Å². The fourth-order valence-electron chi connectivity index (χ4n) is 2.62. The molecule has 0 saturated heterocycles. The summed E-state index contributed by atoms with van der Waals surface area (Å²) in [7, 11) is 0. The first-order valence-electron chi connectivity index (χ1n) is 6.95. The molecule has 1 aromatic carbocycles. The predicted octanol–water partition coefficient (Wildman–Crippen LogP) is 1.74. The third-order valence-corrected chi connectivity index (χ3v) is 3.61. The molecule has 0 saturated carbocycles. The summed E-state index contributed by atoms with van der Waals surface area (Å²) in [5, 5.41) is 7.24. The molecule has 126 valence electrons. The lowest BCUT2D eigenvalue weighted by molar-refractivity contribution is -0.144. The number of aromatic amines is 1. The molecule has 2 amide bonds. The number of carbonyl (C=O) groups is 2. The first-order chi connectivity index (χ1) is 11.3. The summed E-state index contributed by atoms with van der Waals surface area (Å²) in [6.45, 7) is 1.32. The largest absolute Gasteiger partial charge is 0.451 e. The highest BCUT2D eigenvalue weighted by Gasteiger charge is 2.38. The highest BCUT2D eigenvalue weighted by atomic mass is 19.4. The maximum atomic E-state index is 12.5. The average molecular weight is 339 g/mol. The number of alkyl halides is 3. The fourth-order valence-corrected chi connectivity index (χ4v) is 2.62. The highest BCUT2D eigenvalue weighted by Crippen LogP contribution is 2.32. The Labute approximate surface area is 133 Å². The van der Waals surface area contributed by atoms with Crippen LogP contribution < -0.4 is 10.2 Å². The number of hydrogen-bond acceptors (Lipinski definition) is 4. The number of H-pyrrole nitrogens is 1. The molecule has 1 aromatic heterocycles. The van der Waals surface area contributed by atoms with Gasteiger partial charge >= 0.3 is 6.18 Å². The zero-order chi connectivity index (χ0) is 17.5. The number of halogens is 3. The molecular weight excluding hydrogens is 327 g/mol. The standard InChI is InChI=1S/C14H12F3N5O2/c1-7(23)22-9-5-3-2-4-8(9)6-10(22)11(24)18-13-19-12(20-21-13)14(15,16)17/h2-5,10H,6H2,1H3,(H2,18,19,20,21,24)/t10-/m0/s1. The first kappa shape index (κ1) is 16.0. The van der Waals surface area contributed by atoms with Gasteiger partial charge < -0.3 is 0 Å². The SMILES string of the molecule is CC(=O)N1c2ccccc2C[C@H]1C(=O)Nc1n[nH]c(C(F)(F)F)n1. The number of fused-ring (bicyclic) bond motifs is 1. The molecule has 0 spiro atoms. The quantitative estimate of drug-likeness (QED) is 0.872. The number of hydrogen-bond donors (Lipinski definition) is 2. The van der Waals surface area contributed by atoms with E-state index in [4.69, 9.17) is 0 Å². The summed E-state index contributed by atoms with van der Waals surface area (Å²) in [4.78, 5) is 28.7. The second-order valence-electron chi connectivity index (χ2n) is 5.23. The van der Waals surface area contributed by atoms with Crippen LogP contribution in [-0.2, 0) is 22.2 Å². The Kier molecular flexibility index (Phi) is 3.74. The van der Waals surface area contributed by atoms with Crippen LogP contribution in [0.4, 0.5) is 24.8 Å². The molecule has 2 heterocycles. The molecule has 0 bridgehead atoms. The van der Waals surface area contributed by atoms with Crippen molar-refractivity contribution in [2.24, 2.45) is 0 Å². The Morgan fingerprint density at radius 3 is 2.67 bits per heavy atom. The van der Waals surface area contributed by atoms with Crippen LogP contribution >= 0.6 is 0 Å². The number of nitrogens with one attached hydrogen (secondary N) is 2. The number of anilines is 2. The lowest BCUT2D eigenvalue weighted by atomic mass is 10.1. The zero-order valence-corrected chi connectivity index (χ0v) is 12.4. The maximum absolute atomic E-state index is 12.5. The van der Waals surface area contributed by atoms with Crippen LogP contribution in [0.5, 0.6) is 0 Å². The van der Waals surface area contributed by atoms with Crippen molar-refractivity contribution in [3.05, 3.63) is 35.7 Å². The minimum absolute atomic E-state index is 0.262. The summed E-state index contributed by atoms with van der Waals surface area (Å²) in [5.41, 5.74) is 1.41. The Balaban J connectivity index is 1.80. The number of benzene rings is 1. The van der Waals surface area contributed by atoms with Gasteiger partial charge in [0.05, 0.1) is 0 Å². The minimum atomic E-state index is -4.69. The van der Waals surface area contributed by atoms with E-state index in [1.807, 2.05) is 0 Å². The van der Waals surface area contributed by atoms with E-state index >= 15 is 0 Å². The number of aromatic nitrogens is 3. The summed E-state index contributed by atoms with van der Waals surface area (Å²) in [5.74, 6) is -2.80.